The van der Waals surface area contributed by atoms with Gasteiger partial charge in [0.15, 0.2) is 0 Å². The summed E-state index contributed by atoms with van der Waals surface area (Å²) in [6, 6.07) is 0. The zero-order chi connectivity index (χ0) is 12.4. The van der Waals surface area contributed by atoms with Crippen LogP contribution in [0, 0.1) is 11.8 Å². The smallest absolute Gasteiger partial charge is 0.0829 e. The van der Waals surface area contributed by atoms with Crippen molar-refractivity contribution in [2.45, 2.75) is 25.4 Å². The number of hydrogen-bond donors (Lipinski definition) is 3. The van der Waals surface area contributed by atoms with E-state index in [2.05, 4.69) is 17.9 Å². The number of hydrogen-bond acceptors (Lipinski definition) is 4. The summed E-state index contributed by atoms with van der Waals surface area (Å²) in [7, 11) is 0. The fourth-order valence-electron chi connectivity index (χ4n) is 1.90. The minimum absolute atomic E-state index is 0.00755. The van der Waals surface area contributed by atoms with Gasteiger partial charge in [-0.1, -0.05) is 19.6 Å². The van der Waals surface area contributed by atoms with E-state index in [1.165, 1.54) is 12.5 Å². The number of rotatable bonds is 4. The molecule has 16 heavy (non-hydrogen) atoms. The third-order valence-electron chi connectivity index (χ3n) is 2.81. The lowest BCUT2D eigenvalue weighted by molar-refractivity contribution is -0.0171. The molecular formula is C12H22O4. The molecule has 0 aliphatic heterocycles. The maximum Gasteiger partial charge on any atom is 0.0829 e. The van der Waals surface area contributed by atoms with Crippen molar-refractivity contribution in [2.75, 3.05) is 13.2 Å². The summed E-state index contributed by atoms with van der Waals surface area (Å²) < 4.78 is 4.36. The molecule has 4 heteroatoms. The first-order chi connectivity index (χ1) is 7.71. The summed E-state index contributed by atoms with van der Waals surface area (Å²) in [6.07, 6.45) is 4.87. The van der Waals surface area contributed by atoms with Crippen LogP contribution in [0.1, 0.15) is 19.3 Å². The monoisotopic (exact) mass is 230 g/mol. The Bertz CT molecular complexity index is 187. The van der Waals surface area contributed by atoms with Gasteiger partial charge in [0.1, 0.15) is 0 Å². The van der Waals surface area contributed by atoms with Crippen molar-refractivity contribution < 1.29 is 20.1 Å². The highest BCUT2D eigenvalue weighted by Gasteiger charge is 2.30. The fraction of sp³-hybridized carbons (Fsp3) is 0.667. The molecule has 4 nitrogen and oxygen atoms in total. The van der Waals surface area contributed by atoms with E-state index in [9.17, 15) is 5.11 Å². The van der Waals surface area contributed by atoms with Crippen LogP contribution < -0.4 is 0 Å². The molecule has 0 bridgehead atoms. The predicted octanol–water partition coefficient (Wildman–Crippen LogP) is 1.04. The molecule has 0 spiro atoms. The Balaban J connectivity index is 0.000000385. The van der Waals surface area contributed by atoms with Gasteiger partial charge in [-0.2, -0.15) is 0 Å². The molecule has 1 saturated carbocycles. The number of ether oxygens (including phenoxy) is 1. The first-order valence-corrected chi connectivity index (χ1v) is 5.48. The number of aliphatic hydroxyl groups excluding tert-OH is 3. The minimum Gasteiger partial charge on any atom is -0.474 e. The molecule has 1 rings (SSSR count). The Kier molecular flexibility index (Phi) is 8.90. The quantitative estimate of drug-likeness (QED) is 0.631. The van der Waals surface area contributed by atoms with Crippen LogP contribution in [0.2, 0.25) is 0 Å². The SMILES string of the molecule is C=COC=C.OCC1CCCC(O)C1CO. The van der Waals surface area contributed by atoms with Crippen molar-refractivity contribution in [2.24, 2.45) is 11.8 Å². The van der Waals surface area contributed by atoms with Crippen molar-refractivity contribution in [1.82, 2.24) is 0 Å². The lowest BCUT2D eigenvalue weighted by Crippen LogP contribution is -2.36. The van der Waals surface area contributed by atoms with Crippen LogP contribution in [0.3, 0.4) is 0 Å². The Morgan fingerprint density at radius 1 is 1.12 bits per heavy atom. The van der Waals surface area contributed by atoms with E-state index in [1.54, 1.807) is 0 Å². The highest BCUT2D eigenvalue weighted by atomic mass is 16.5. The zero-order valence-corrected chi connectivity index (χ0v) is 9.59. The largest absolute Gasteiger partial charge is 0.474 e. The molecule has 0 heterocycles. The van der Waals surface area contributed by atoms with Gasteiger partial charge in [0.2, 0.25) is 0 Å². The molecule has 0 aromatic carbocycles. The van der Waals surface area contributed by atoms with Gasteiger partial charge in [-0.3, -0.25) is 0 Å². The highest BCUT2D eigenvalue weighted by molar-refractivity contribution is 4.80. The molecule has 0 aromatic rings. The van der Waals surface area contributed by atoms with Crippen LogP contribution >= 0.6 is 0 Å². The molecule has 3 atom stereocenters. The van der Waals surface area contributed by atoms with Gasteiger partial charge in [0, 0.05) is 19.1 Å². The summed E-state index contributed by atoms with van der Waals surface area (Å²) in [6.45, 7) is 6.59. The number of aliphatic hydroxyl groups is 3. The summed E-state index contributed by atoms with van der Waals surface area (Å²) in [4.78, 5) is 0. The van der Waals surface area contributed by atoms with Crippen LogP contribution in [0.15, 0.2) is 25.7 Å². The van der Waals surface area contributed by atoms with Crippen LogP contribution in [-0.4, -0.2) is 34.6 Å². The van der Waals surface area contributed by atoms with Crippen LogP contribution in [0.5, 0.6) is 0 Å². The van der Waals surface area contributed by atoms with Gasteiger partial charge in [-0.05, 0) is 18.8 Å². The molecule has 1 fully saturated rings. The standard InChI is InChI=1S/C8H16O3.C4H6O/c9-4-6-2-1-3-8(11)7(6)5-10;1-3-5-4-2/h6-11H,1-5H2;3-4H,1-2H2. The van der Waals surface area contributed by atoms with Crippen LogP contribution in [-0.2, 0) is 4.74 Å². The highest BCUT2D eigenvalue weighted by Crippen LogP contribution is 2.29. The van der Waals surface area contributed by atoms with E-state index >= 15 is 0 Å². The average molecular weight is 230 g/mol. The maximum atomic E-state index is 9.40. The van der Waals surface area contributed by atoms with E-state index in [-0.39, 0.29) is 25.0 Å². The van der Waals surface area contributed by atoms with Crippen molar-refractivity contribution in [3.05, 3.63) is 25.7 Å². The molecular weight excluding hydrogens is 208 g/mol. The Labute approximate surface area is 96.9 Å². The average Bonchev–Trinajstić information content (AvgIpc) is 2.30. The first kappa shape index (κ1) is 15.2. The fourth-order valence-corrected chi connectivity index (χ4v) is 1.90. The lowest BCUT2D eigenvalue weighted by atomic mass is 9.78. The molecule has 0 aromatic heterocycles. The molecule has 3 unspecified atom stereocenters. The maximum absolute atomic E-state index is 9.40. The second-order valence-corrected chi connectivity index (χ2v) is 3.76. The van der Waals surface area contributed by atoms with Gasteiger partial charge in [-0.25, -0.2) is 0 Å². The summed E-state index contributed by atoms with van der Waals surface area (Å²) in [5.74, 6) is -0.00231. The molecule has 1 aliphatic carbocycles. The van der Waals surface area contributed by atoms with Crippen molar-refractivity contribution in [3.8, 4) is 0 Å². The topological polar surface area (TPSA) is 69.9 Å². The predicted molar refractivity (Wildman–Crippen MR) is 62.5 cm³/mol. The van der Waals surface area contributed by atoms with E-state index in [1.807, 2.05) is 0 Å². The third-order valence-corrected chi connectivity index (χ3v) is 2.81. The molecule has 1 aliphatic rings. The van der Waals surface area contributed by atoms with Gasteiger partial charge < -0.3 is 20.1 Å². The summed E-state index contributed by atoms with van der Waals surface area (Å²) >= 11 is 0. The Morgan fingerprint density at radius 3 is 2.06 bits per heavy atom. The second kappa shape index (κ2) is 9.39. The van der Waals surface area contributed by atoms with Gasteiger partial charge in [0.05, 0.1) is 18.6 Å². The lowest BCUT2D eigenvalue weighted by Gasteiger charge is -2.32. The second-order valence-electron chi connectivity index (χ2n) is 3.76. The summed E-state index contributed by atoms with van der Waals surface area (Å²) in [5.41, 5.74) is 0. The molecule has 94 valence electrons. The minimum atomic E-state index is -0.411. The van der Waals surface area contributed by atoms with Gasteiger partial charge in [-0.15, -0.1) is 0 Å². The Morgan fingerprint density at radius 2 is 1.75 bits per heavy atom. The molecule has 3 N–H and O–H groups in total. The molecule has 0 radical (unpaired) electrons. The molecule has 0 saturated heterocycles. The van der Waals surface area contributed by atoms with E-state index in [0.717, 1.165) is 19.3 Å². The summed E-state index contributed by atoms with van der Waals surface area (Å²) in [5, 5.41) is 27.2. The normalized spacial score (nSPS) is 28.6. The zero-order valence-electron chi connectivity index (χ0n) is 9.59. The van der Waals surface area contributed by atoms with E-state index in [0.29, 0.717) is 0 Å². The van der Waals surface area contributed by atoms with Crippen molar-refractivity contribution in [3.63, 3.8) is 0 Å². The third kappa shape index (κ3) is 5.30. The van der Waals surface area contributed by atoms with Gasteiger partial charge in [0.25, 0.3) is 0 Å². The van der Waals surface area contributed by atoms with Crippen LogP contribution in [0.25, 0.3) is 0 Å². The van der Waals surface area contributed by atoms with E-state index in [4.69, 9.17) is 10.2 Å². The van der Waals surface area contributed by atoms with Gasteiger partial charge >= 0.3 is 0 Å². The first-order valence-electron chi connectivity index (χ1n) is 5.48. The van der Waals surface area contributed by atoms with E-state index < -0.39 is 6.10 Å². The van der Waals surface area contributed by atoms with Crippen molar-refractivity contribution in [1.29, 1.82) is 0 Å². The van der Waals surface area contributed by atoms with Crippen LogP contribution in [0.4, 0.5) is 0 Å². The Hall–Kier alpha value is -0.840. The molecule has 0 amide bonds. The van der Waals surface area contributed by atoms with Crippen molar-refractivity contribution >= 4 is 0 Å².